The first-order valence-electron chi connectivity index (χ1n) is 7.18. The molecular weight excluding hydrogens is 240 g/mol. The van der Waals surface area contributed by atoms with Crippen LogP contribution in [-0.2, 0) is 6.42 Å². The minimum atomic E-state index is -0.137. The van der Waals surface area contributed by atoms with Crippen molar-refractivity contribution in [2.45, 2.75) is 63.4 Å². The number of aryl methyl sites for hydroxylation is 1. The van der Waals surface area contributed by atoms with Crippen molar-refractivity contribution in [3.63, 3.8) is 0 Å². The smallest absolute Gasteiger partial charge is 0.0609 e. The van der Waals surface area contributed by atoms with E-state index in [0.29, 0.717) is 5.92 Å². The Balaban J connectivity index is 1.80. The van der Waals surface area contributed by atoms with Crippen molar-refractivity contribution in [1.82, 2.24) is 0 Å². The Morgan fingerprint density at radius 3 is 3.17 bits per heavy atom. The fourth-order valence-corrected chi connectivity index (χ4v) is 3.94. The van der Waals surface area contributed by atoms with Crippen molar-refractivity contribution in [2.24, 2.45) is 0 Å². The second kappa shape index (κ2) is 7.10. The molecule has 18 heavy (non-hydrogen) atoms. The summed E-state index contributed by atoms with van der Waals surface area (Å²) in [6.07, 6.45) is 11.1. The SMILES string of the molecule is C=CCCCCCC(O)C1CCCc2sccc21. The summed E-state index contributed by atoms with van der Waals surface area (Å²) in [7, 11) is 0. The van der Waals surface area contributed by atoms with Gasteiger partial charge in [0.1, 0.15) is 0 Å². The summed E-state index contributed by atoms with van der Waals surface area (Å²) in [5, 5.41) is 12.6. The molecule has 2 atom stereocenters. The van der Waals surface area contributed by atoms with Crippen molar-refractivity contribution >= 4 is 11.3 Å². The van der Waals surface area contributed by atoms with Crippen LogP contribution in [0.5, 0.6) is 0 Å². The number of fused-ring (bicyclic) bond motifs is 1. The molecule has 1 aromatic rings. The quantitative estimate of drug-likeness (QED) is 0.560. The highest BCUT2D eigenvalue weighted by Crippen LogP contribution is 2.38. The highest BCUT2D eigenvalue weighted by Gasteiger charge is 2.26. The van der Waals surface area contributed by atoms with E-state index in [1.54, 1.807) is 0 Å². The van der Waals surface area contributed by atoms with Crippen LogP contribution < -0.4 is 0 Å². The Morgan fingerprint density at radius 1 is 1.44 bits per heavy atom. The van der Waals surface area contributed by atoms with Crippen LogP contribution in [0.2, 0.25) is 0 Å². The summed E-state index contributed by atoms with van der Waals surface area (Å²) >= 11 is 1.86. The Kier molecular flexibility index (Phi) is 5.45. The number of rotatable bonds is 7. The molecular formula is C16H24OS. The summed E-state index contributed by atoms with van der Waals surface area (Å²) in [5.74, 6) is 0.402. The van der Waals surface area contributed by atoms with Crippen LogP contribution in [0.15, 0.2) is 24.1 Å². The van der Waals surface area contributed by atoms with Gasteiger partial charge in [0, 0.05) is 10.8 Å². The van der Waals surface area contributed by atoms with Crippen LogP contribution in [0.1, 0.15) is 61.3 Å². The van der Waals surface area contributed by atoms with E-state index in [1.807, 2.05) is 17.4 Å². The molecule has 0 spiro atoms. The third kappa shape index (κ3) is 3.46. The average molecular weight is 264 g/mol. The van der Waals surface area contributed by atoms with Crippen molar-refractivity contribution in [3.05, 3.63) is 34.5 Å². The first kappa shape index (κ1) is 13.8. The molecule has 1 aromatic heterocycles. The number of hydrogen-bond donors (Lipinski definition) is 1. The van der Waals surface area contributed by atoms with Gasteiger partial charge in [-0.05, 0) is 55.5 Å². The minimum absolute atomic E-state index is 0.137. The molecule has 0 aliphatic heterocycles. The van der Waals surface area contributed by atoms with E-state index < -0.39 is 0 Å². The lowest BCUT2D eigenvalue weighted by atomic mass is 9.82. The average Bonchev–Trinajstić information content (AvgIpc) is 2.86. The fourth-order valence-electron chi connectivity index (χ4n) is 2.94. The molecule has 0 fully saturated rings. The monoisotopic (exact) mass is 264 g/mol. The summed E-state index contributed by atoms with van der Waals surface area (Å²) in [4.78, 5) is 1.51. The maximum Gasteiger partial charge on any atom is 0.0609 e. The summed E-state index contributed by atoms with van der Waals surface area (Å²) < 4.78 is 0. The predicted octanol–water partition coefficient (Wildman–Crippen LogP) is 4.67. The van der Waals surface area contributed by atoms with E-state index in [-0.39, 0.29) is 6.10 Å². The second-order valence-electron chi connectivity index (χ2n) is 5.29. The van der Waals surface area contributed by atoms with E-state index >= 15 is 0 Å². The summed E-state index contributed by atoms with van der Waals surface area (Å²) in [5.41, 5.74) is 1.44. The predicted molar refractivity (Wildman–Crippen MR) is 79.3 cm³/mol. The maximum absolute atomic E-state index is 10.4. The van der Waals surface area contributed by atoms with Crippen LogP contribution in [0.4, 0.5) is 0 Å². The van der Waals surface area contributed by atoms with Crippen LogP contribution in [-0.4, -0.2) is 11.2 Å². The number of hydrogen-bond acceptors (Lipinski definition) is 2. The number of aliphatic hydroxyl groups excluding tert-OH is 1. The van der Waals surface area contributed by atoms with Crippen LogP contribution >= 0.6 is 11.3 Å². The zero-order chi connectivity index (χ0) is 12.8. The number of unbranched alkanes of at least 4 members (excludes halogenated alkanes) is 3. The zero-order valence-electron chi connectivity index (χ0n) is 11.1. The van der Waals surface area contributed by atoms with Crippen molar-refractivity contribution in [3.8, 4) is 0 Å². The molecule has 1 nitrogen and oxygen atoms in total. The Bertz CT molecular complexity index is 369. The molecule has 2 unspecified atom stereocenters. The van der Waals surface area contributed by atoms with Crippen LogP contribution in [0.3, 0.4) is 0 Å². The molecule has 2 heteroatoms. The van der Waals surface area contributed by atoms with Gasteiger partial charge >= 0.3 is 0 Å². The Labute approximate surface area is 115 Å². The van der Waals surface area contributed by atoms with Crippen LogP contribution in [0.25, 0.3) is 0 Å². The molecule has 0 saturated heterocycles. The van der Waals surface area contributed by atoms with Gasteiger partial charge in [-0.2, -0.15) is 0 Å². The number of aliphatic hydroxyl groups is 1. The van der Waals surface area contributed by atoms with Gasteiger partial charge in [0.2, 0.25) is 0 Å². The minimum Gasteiger partial charge on any atom is -0.392 e. The molecule has 2 rings (SSSR count). The molecule has 0 saturated carbocycles. The molecule has 0 bridgehead atoms. The van der Waals surface area contributed by atoms with Gasteiger partial charge in [-0.3, -0.25) is 0 Å². The standard InChI is InChI=1S/C16H24OS/c1-2-3-4-5-6-9-15(17)13-8-7-10-16-14(13)11-12-18-16/h2,11-13,15,17H,1,3-10H2. The lowest BCUT2D eigenvalue weighted by Crippen LogP contribution is -2.21. The Hall–Kier alpha value is -0.600. The highest BCUT2D eigenvalue weighted by molar-refractivity contribution is 7.10. The van der Waals surface area contributed by atoms with E-state index in [4.69, 9.17) is 0 Å². The van der Waals surface area contributed by atoms with Gasteiger partial charge in [0.05, 0.1) is 6.10 Å². The Morgan fingerprint density at radius 2 is 2.33 bits per heavy atom. The first-order valence-corrected chi connectivity index (χ1v) is 8.06. The molecule has 1 N–H and O–H groups in total. The van der Waals surface area contributed by atoms with Gasteiger partial charge in [0.25, 0.3) is 0 Å². The molecule has 100 valence electrons. The molecule has 0 radical (unpaired) electrons. The second-order valence-corrected chi connectivity index (χ2v) is 6.29. The molecule has 1 aliphatic rings. The van der Waals surface area contributed by atoms with Gasteiger partial charge in [0.15, 0.2) is 0 Å². The highest BCUT2D eigenvalue weighted by atomic mass is 32.1. The number of thiophene rings is 1. The van der Waals surface area contributed by atoms with Gasteiger partial charge < -0.3 is 5.11 Å². The maximum atomic E-state index is 10.4. The van der Waals surface area contributed by atoms with Gasteiger partial charge in [-0.25, -0.2) is 0 Å². The first-order chi connectivity index (χ1) is 8.83. The number of allylic oxidation sites excluding steroid dienone is 1. The summed E-state index contributed by atoms with van der Waals surface area (Å²) in [6, 6.07) is 2.23. The molecule has 0 amide bonds. The molecule has 0 aromatic carbocycles. The van der Waals surface area contributed by atoms with Crippen molar-refractivity contribution < 1.29 is 5.11 Å². The molecule has 1 aliphatic carbocycles. The molecule has 1 heterocycles. The van der Waals surface area contributed by atoms with E-state index in [2.05, 4.69) is 18.0 Å². The third-order valence-electron chi connectivity index (χ3n) is 3.97. The van der Waals surface area contributed by atoms with Crippen molar-refractivity contribution in [1.29, 1.82) is 0 Å². The van der Waals surface area contributed by atoms with Gasteiger partial charge in [-0.15, -0.1) is 17.9 Å². The topological polar surface area (TPSA) is 20.2 Å². The lowest BCUT2D eigenvalue weighted by molar-refractivity contribution is 0.122. The third-order valence-corrected chi connectivity index (χ3v) is 4.97. The zero-order valence-corrected chi connectivity index (χ0v) is 11.9. The lowest BCUT2D eigenvalue weighted by Gasteiger charge is -2.27. The fraction of sp³-hybridized carbons (Fsp3) is 0.625. The van der Waals surface area contributed by atoms with Crippen LogP contribution in [0, 0.1) is 0 Å². The van der Waals surface area contributed by atoms with E-state index in [9.17, 15) is 5.11 Å². The summed E-state index contributed by atoms with van der Waals surface area (Å²) in [6.45, 7) is 3.74. The van der Waals surface area contributed by atoms with E-state index in [1.165, 1.54) is 36.1 Å². The van der Waals surface area contributed by atoms with Crippen molar-refractivity contribution in [2.75, 3.05) is 0 Å². The largest absolute Gasteiger partial charge is 0.392 e. The van der Waals surface area contributed by atoms with E-state index in [0.717, 1.165) is 25.7 Å². The van der Waals surface area contributed by atoms with Gasteiger partial charge in [-0.1, -0.05) is 18.9 Å². The normalized spacial score (nSPS) is 20.4.